The van der Waals surface area contributed by atoms with Crippen molar-refractivity contribution in [1.82, 2.24) is 9.97 Å². The van der Waals surface area contributed by atoms with E-state index in [1.54, 1.807) is 26.5 Å². The molecule has 0 radical (unpaired) electrons. The number of ether oxygens (including phenoxy) is 2. The molecule has 2 N–H and O–H groups in total. The Morgan fingerprint density at radius 2 is 1.96 bits per heavy atom. The number of fused-ring (bicyclic) bond motifs is 1. The average molecular weight is 375 g/mol. The largest absolute Gasteiger partial charge is 0.496 e. The van der Waals surface area contributed by atoms with Crippen LogP contribution in [0.5, 0.6) is 11.5 Å². The van der Waals surface area contributed by atoms with Crippen LogP contribution in [0.15, 0.2) is 46.0 Å². The van der Waals surface area contributed by atoms with Crippen molar-refractivity contribution in [2.45, 2.75) is 0 Å². The second kappa shape index (κ2) is 6.70. The molecule has 0 fully saturated rings. The molecule has 7 heteroatoms. The number of H-pyrrole nitrogens is 1. The van der Waals surface area contributed by atoms with E-state index >= 15 is 0 Å². The van der Waals surface area contributed by atoms with Gasteiger partial charge in [-0.15, -0.1) is 0 Å². The van der Waals surface area contributed by atoms with Crippen molar-refractivity contribution in [3.05, 3.63) is 46.4 Å². The predicted octanol–water partition coefficient (Wildman–Crippen LogP) is 3.79. The first-order valence-corrected chi connectivity index (χ1v) is 7.66. The second-order valence-electron chi connectivity index (χ2n) is 4.70. The number of hydrogen-bond acceptors (Lipinski definition) is 5. The van der Waals surface area contributed by atoms with Gasteiger partial charge in [0.05, 0.1) is 35.9 Å². The van der Waals surface area contributed by atoms with E-state index < -0.39 is 0 Å². The number of hydrazone groups is 1. The summed E-state index contributed by atoms with van der Waals surface area (Å²) in [6, 6.07) is 11.5. The Balaban J connectivity index is 1.81. The van der Waals surface area contributed by atoms with Crippen molar-refractivity contribution >= 4 is 39.1 Å². The van der Waals surface area contributed by atoms with Gasteiger partial charge < -0.3 is 14.5 Å². The maximum atomic E-state index is 5.35. The highest BCUT2D eigenvalue weighted by Crippen LogP contribution is 2.31. The van der Waals surface area contributed by atoms with Gasteiger partial charge in [-0.1, -0.05) is 12.1 Å². The number of anilines is 1. The highest BCUT2D eigenvalue weighted by atomic mass is 79.9. The molecule has 3 aromatic rings. The third kappa shape index (κ3) is 3.29. The fourth-order valence-corrected chi connectivity index (χ4v) is 2.68. The first kappa shape index (κ1) is 15.4. The lowest BCUT2D eigenvalue weighted by Gasteiger charge is -2.09. The first-order chi connectivity index (χ1) is 11.2. The van der Waals surface area contributed by atoms with Gasteiger partial charge in [-0.25, -0.2) is 10.4 Å². The van der Waals surface area contributed by atoms with E-state index in [1.807, 2.05) is 30.3 Å². The summed E-state index contributed by atoms with van der Waals surface area (Å²) in [6.45, 7) is 0. The Hall–Kier alpha value is -2.54. The Bertz CT molecular complexity index is 827. The summed E-state index contributed by atoms with van der Waals surface area (Å²) in [5.74, 6) is 1.94. The van der Waals surface area contributed by atoms with Gasteiger partial charge in [0.15, 0.2) is 0 Å². The van der Waals surface area contributed by atoms with Crippen molar-refractivity contribution in [3.63, 3.8) is 0 Å². The number of aromatic amines is 1. The number of para-hydroxylation sites is 2. The highest BCUT2D eigenvalue weighted by Gasteiger charge is 2.08. The summed E-state index contributed by atoms with van der Waals surface area (Å²) in [4.78, 5) is 7.53. The fourth-order valence-electron chi connectivity index (χ4n) is 2.15. The van der Waals surface area contributed by atoms with Crippen LogP contribution in [0.2, 0.25) is 0 Å². The molecule has 118 valence electrons. The van der Waals surface area contributed by atoms with Gasteiger partial charge in [0.25, 0.3) is 0 Å². The molecule has 0 saturated heterocycles. The lowest BCUT2D eigenvalue weighted by Crippen LogP contribution is -1.96. The van der Waals surface area contributed by atoms with Crippen LogP contribution in [0, 0.1) is 0 Å². The molecule has 0 bridgehead atoms. The Kier molecular flexibility index (Phi) is 4.47. The minimum atomic E-state index is 0.578. The van der Waals surface area contributed by atoms with E-state index in [4.69, 9.17) is 9.47 Å². The van der Waals surface area contributed by atoms with Crippen LogP contribution in [0.3, 0.4) is 0 Å². The number of methoxy groups -OCH3 is 2. The van der Waals surface area contributed by atoms with Gasteiger partial charge in [0.1, 0.15) is 11.5 Å². The molecule has 23 heavy (non-hydrogen) atoms. The number of benzene rings is 2. The summed E-state index contributed by atoms with van der Waals surface area (Å²) >= 11 is 3.45. The van der Waals surface area contributed by atoms with Crippen molar-refractivity contribution < 1.29 is 9.47 Å². The number of rotatable bonds is 5. The van der Waals surface area contributed by atoms with Crippen LogP contribution >= 0.6 is 15.9 Å². The van der Waals surface area contributed by atoms with Crippen molar-refractivity contribution in [2.24, 2.45) is 5.10 Å². The minimum absolute atomic E-state index is 0.578. The van der Waals surface area contributed by atoms with Crippen molar-refractivity contribution in [2.75, 3.05) is 19.6 Å². The van der Waals surface area contributed by atoms with Gasteiger partial charge in [-0.05, 0) is 34.1 Å². The summed E-state index contributed by atoms with van der Waals surface area (Å²) in [5, 5.41) is 4.20. The third-order valence-electron chi connectivity index (χ3n) is 3.27. The molecule has 0 unspecified atom stereocenters. The van der Waals surface area contributed by atoms with Crippen LogP contribution in [0.4, 0.5) is 5.95 Å². The van der Waals surface area contributed by atoms with Crippen LogP contribution in [-0.2, 0) is 0 Å². The Morgan fingerprint density at radius 1 is 1.17 bits per heavy atom. The van der Waals surface area contributed by atoms with E-state index in [0.29, 0.717) is 17.4 Å². The molecule has 0 aliphatic carbocycles. The molecule has 1 heterocycles. The van der Waals surface area contributed by atoms with Gasteiger partial charge in [0, 0.05) is 11.6 Å². The van der Waals surface area contributed by atoms with E-state index in [0.717, 1.165) is 21.1 Å². The molecule has 0 saturated carbocycles. The fraction of sp³-hybridized carbons (Fsp3) is 0.125. The lowest BCUT2D eigenvalue weighted by atomic mass is 10.2. The summed E-state index contributed by atoms with van der Waals surface area (Å²) < 4.78 is 11.4. The van der Waals surface area contributed by atoms with Crippen LogP contribution in [-0.4, -0.2) is 30.4 Å². The first-order valence-electron chi connectivity index (χ1n) is 6.86. The van der Waals surface area contributed by atoms with Crippen molar-refractivity contribution in [3.8, 4) is 11.5 Å². The van der Waals surface area contributed by atoms with Gasteiger partial charge in [0.2, 0.25) is 5.95 Å². The molecule has 0 spiro atoms. The minimum Gasteiger partial charge on any atom is -0.496 e. The zero-order valence-electron chi connectivity index (χ0n) is 12.6. The lowest BCUT2D eigenvalue weighted by molar-refractivity contribution is 0.392. The molecule has 0 atom stereocenters. The molecule has 2 aromatic carbocycles. The maximum Gasteiger partial charge on any atom is 0.222 e. The summed E-state index contributed by atoms with van der Waals surface area (Å²) in [6.07, 6.45) is 1.66. The Labute approximate surface area is 141 Å². The standard InChI is InChI=1S/C16H15BrN4O2/c1-22-14-8-15(23-2)11(17)7-10(14)9-18-21-16-19-12-5-3-4-6-13(12)20-16/h3-9H,1-2H3,(H2,19,20,21)/b18-9-. The zero-order chi connectivity index (χ0) is 16.2. The van der Waals surface area contributed by atoms with E-state index in [9.17, 15) is 0 Å². The smallest absolute Gasteiger partial charge is 0.222 e. The summed E-state index contributed by atoms with van der Waals surface area (Å²) in [7, 11) is 3.21. The van der Waals surface area contributed by atoms with E-state index in [1.165, 1.54) is 0 Å². The SMILES string of the molecule is COc1cc(OC)c(/C=N\Nc2nc3ccccc3[nH]2)cc1Br. The molecular weight excluding hydrogens is 360 g/mol. The monoisotopic (exact) mass is 374 g/mol. The zero-order valence-corrected chi connectivity index (χ0v) is 14.2. The van der Waals surface area contributed by atoms with Crippen LogP contribution in [0.25, 0.3) is 11.0 Å². The number of nitrogens with zero attached hydrogens (tertiary/aromatic N) is 2. The number of hydrogen-bond donors (Lipinski definition) is 2. The molecular formula is C16H15BrN4O2. The van der Waals surface area contributed by atoms with Gasteiger partial charge in [-0.3, -0.25) is 0 Å². The number of halogens is 1. The molecule has 1 aromatic heterocycles. The van der Waals surface area contributed by atoms with Crippen LogP contribution < -0.4 is 14.9 Å². The van der Waals surface area contributed by atoms with E-state index in [2.05, 4.69) is 36.4 Å². The van der Waals surface area contributed by atoms with Crippen LogP contribution in [0.1, 0.15) is 5.56 Å². The Morgan fingerprint density at radius 3 is 2.70 bits per heavy atom. The number of aromatic nitrogens is 2. The molecule has 0 amide bonds. The maximum absolute atomic E-state index is 5.35. The number of imidazole rings is 1. The van der Waals surface area contributed by atoms with E-state index in [-0.39, 0.29) is 0 Å². The quantitative estimate of drug-likeness (QED) is 0.526. The summed E-state index contributed by atoms with van der Waals surface area (Å²) in [5.41, 5.74) is 5.53. The second-order valence-corrected chi connectivity index (χ2v) is 5.56. The van der Waals surface area contributed by atoms with Gasteiger partial charge in [-0.2, -0.15) is 5.10 Å². The number of nitrogens with one attached hydrogen (secondary N) is 2. The topological polar surface area (TPSA) is 71.5 Å². The molecule has 0 aliphatic rings. The van der Waals surface area contributed by atoms with Crippen molar-refractivity contribution in [1.29, 1.82) is 0 Å². The molecule has 3 rings (SSSR count). The van der Waals surface area contributed by atoms with Gasteiger partial charge >= 0.3 is 0 Å². The highest BCUT2D eigenvalue weighted by molar-refractivity contribution is 9.10. The normalized spacial score (nSPS) is 11.1. The third-order valence-corrected chi connectivity index (χ3v) is 3.89. The molecule has 0 aliphatic heterocycles. The molecule has 6 nitrogen and oxygen atoms in total. The average Bonchev–Trinajstić information content (AvgIpc) is 2.98. The predicted molar refractivity (Wildman–Crippen MR) is 94.6 cm³/mol.